The van der Waals surface area contributed by atoms with Crippen LogP contribution in [0.25, 0.3) is 0 Å². The number of hydrogen-bond acceptors (Lipinski definition) is 2. The van der Waals surface area contributed by atoms with Crippen LogP contribution in [-0.4, -0.2) is 11.7 Å². The monoisotopic (exact) mass is 203 g/mol. The van der Waals surface area contributed by atoms with E-state index >= 15 is 0 Å². The largest absolute Gasteiger partial charge is 0.395 e. The molecule has 15 heavy (non-hydrogen) atoms. The van der Waals surface area contributed by atoms with Crippen LogP contribution in [0.1, 0.15) is 22.3 Å². The van der Waals surface area contributed by atoms with Crippen LogP contribution in [0.3, 0.4) is 0 Å². The van der Waals surface area contributed by atoms with Crippen molar-refractivity contribution in [3.8, 4) is 6.07 Å². The van der Waals surface area contributed by atoms with E-state index in [1.54, 1.807) is 0 Å². The molecule has 1 atom stereocenters. The molecule has 0 amide bonds. The van der Waals surface area contributed by atoms with E-state index in [-0.39, 0.29) is 12.5 Å². The molecule has 0 aliphatic heterocycles. The van der Waals surface area contributed by atoms with Crippen molar-refractivity contribution in [2.75, 3.05) is 6.61 Å². The van der Waals surface area contributed by atoms with Crippen LogP contribution in [0.15, 0.2) is 12.1 Å². The molecule has 1 aromatic rings. The minimum absolute atomic E-state index is 0.0662. The summed E-state index contributed by atoms with van der Waals surface area (Å²) in [6, 6.07) is 6.36. The molecule has 1 rings (SSSR count). The van der Waals surface area contributed by atoms with E-state index in [1.807, 2.05) is 0 Å². The van der Waals surface area contributed by atoms with Gasteiger partial charge in [-0.25, -0.2) is 0 Å². The Morgan fingerprint density at radius 1 is 1.27 bits per heavy atom. The SMILES string of the molecule is Cc1cc(C)c(CC(C#N)CO)c(C)c1. The second kappa shape index (κ2) is 4.95. The van der Waals surface area contributed by atoms with Crippen LogP contribution in [-0.2, 0) is 6.42 Å². The fourth-order valence-corrected chi connectivity index (χ4v) is 1.93. The molecule has 0 aromatic heterocycles. The zero-order valence-corrected chi connectivity index (χ0v) is 9.54. The van der Waals surface area contributed by atoms with Crippen molar-refractivity contribution in [2.45, 2.75) is 27.2 Å². The smallest absolute Gasteiger partial charge is 0.0734 e. The number of aliphatic hydroxyl groups is 1. The summed E-state index contributed by atoms with van der Waals surface area (Å²) >= 11 is 0. The highest BCUT2D eigenvalue weighted by Gasteiger charge is 2.11. The van der Waals surface area contributed by atoms with Gasteiger partial charge in [0.1, 0.15) is 0 Å². The number of hydrogen-bond donors (Lipinski definition) is 1. The summed E-state index contributed by atoms with van der Waals surface area (Å²) in [5, 5.41) is 17.8. The van der Waals surface area contributed by atoms with Gasteiger partial charge in [-0.1, -0.05) is 17.7 Å². The first-order valence-corrected chi connectivity index (χ1v) is 5.15. The van der Waals surface area contributed by atoms with E-state index in [0.717, 1.165) is 0 Å². The Hall–Kier alpha value is -1.33. The van der Waals surface area contributed by atoms with E-state index in [9.17, 15) is 0 Å². The topological polar surface area (TPSA) is 44.0 Å². The van der Waals surface area contributed by atoms with Crippen molar-refractivity contribution in [3.05, 3.63) is 34.4 Å². The molecular weight excluding hydrogens is 186 g/mol. The molecule has 0 saturated carbocycles. The summed E-state index contributed by atoms with van der Waals surface area (Å²) in [6.07, 6.45) is 0.644. The molecule has 1 aromatic carbocycles. The number of aliphatic hydroxyl groups excluding tert-OH is 1. The lowest BCUT2D eigenvalue weighted by Crippen LogP contribution is -2.09. The first-order valence-electron chi connectivity index (χ1n) is 5.15. The highest BCUT2D eigenvalue weighted by Crippen LogP contribution is 2.19. The molecule has 0 bridgehead atoms. The maximum absolute atomic E-state index is 9.00. The van der Waals surface area contributed by atoms with Gasteiger partial charge in [-0.3, -0.25) is 0 Å². The highest BCUT2D eigenvalue weighted by atomic mass is 16.3. The summed E-state index contributed by atoms with van der Waals surface area (Å²) in [5.41, 5.74) is 4.86. The van der Waals surface area contributed by atoms with E-state index in [0.29, 0.717) is 6.42 Å². The Kier molecular flexibility index (Phi) is 3.88. The molecule has 0 fully saturated rings. The van der Waals surface area contributed by atoms with E-state index in [2.05, 4.69) is 39.0 Å². The van der Waals surface area contributed by atoms with Crippen LogP contribution in [0, 0.1) is 38.0 Å². The second-order valence-corrected chi connectivity index (χ2v) is 4.09. The summed E-state index contributed by atoms with van der Waals surface area (Å²) in [7, 11) is 0. The lowest BCUT2D eigenvalue weighted by molar-refractivity contribution is 0.255. The molecule has 2 nitrogen and oxygen atoms in total. The van der Waals surface area contributed by atoms with E-state index < -0.39 is 0 Å². The van der Waals surface area contributed by atoms with Gasteiger partial charge in [0.15, 0.2) is 0 Å². The van der Waals surface area contributed by atoms with E-state index in [4.69, 9.17) is 10.4 Å². The quantitative estimate of drug-likeness (QED) is 0.819. The normalized spacial score (nSPS) is 12.2. The van der Waals surface area contributed by atoms with Crippen molar-refractivity contribution in [1.29, 1.82) is 5.26 Å². The van der Waals surface area contributed by atoms with Gasteiger partial charge in [0.05, 0.1) is 18.6 Å². The molecule has 1 unspecified atom stereocenters. The fraction of sp³-hybridized carbons (Fsp3) is 0.462. The molecule has 1 N–H and O–H groups in total. The third-order valence-corrected chi connectivity index (χ3v) is 2.69. The Morgan fingerprint density at radius 3 is 2.20 bits per heavy atom. The van der Waals surface area contributed by atoms with Gasteiger partial charge in [0.2, 0.25) is 0 Å². The zero-order valence-electron chi connectivity index (χ0n) is 9.54. The van der Waals surface area contributed by atoms with Crippen LogP contribution >= 0.6 is 0 Å². The molecule has 2 heteroatoms. The average molecular weight is 203 g/mol. The minimum Gasteiger partial charge on any atom is -0.395 e. The average Bonchev–Trinajstić information content (AvgIpc) is 2.17. The summed E-state index contributed by atoms with van der Waals surface area (Å²) < 4.78 is 0. The highest BCUT2D eigenvalue weighted by molar-refractivity contribution is 5.38. The Morgan fingerprint density at radius 2 is 1.80 bits per heavy atom. The summed E-state index contributed by atoms with van der Waals surface area (Å²) in [6.45, 7) is 6.11. The van der Waals surface area contributed by atoms with Crippen molar-refractivity contribution in [2.24, 2.45) is 5.92 Å². The van der Waals surface area contributed by atoms with Crippen molar-refractivity contribution >= 4 is 0 Å². The lowest BCUT2D eigenvalue weighted by atomic mass is 9.92. The van der Waals surface area contributed by atoms with Gasteiger partial charge in [-0.05, 0) is 43.9 Å². The van der Waals surface area contributed by atoms with Crippen LogP contribution < -0.4 is 0 Å². The van der Waals surface area contributed by atoms with Crippen molar-refractivity contribution in [3.63, 3.8) is 0 Å². The summed E-state index contributed by atoms with van der Waals surface area (Å²) in [4.78, 5) is 0. The molecular formula is C13H17NO. The zero-order chi connectivity index (χ0) is 11.4. The first-order chi connectivity index (χ1) is 7.08. The number of rotatable bonds is 3. The Balaban J connectivity index is 3.00. The van der Waals surface area contributed by atoms with Crippen LogP contribution in [0.5, 0.6) is 0 Å². The number of aryl methyl sites for hydroxylation is 3. The van der Waals surface area contributed by atoms with Crippen LogP contribution in [0.4, 0.5) is 0 Å². The molecule has 0 aliphatic carbocycles. The Labute approximate surface area is 91.2 Å². The number of nitrogens with zero attached hydrogens (tertiary/aromatic N) is 1. The lowest BCUT2D eigenvalue weighted by Gasteiger charge is -2.13. The van der Waals surface area contributed by atoms with Crippen LogP contribution in [0.2, 0.25) is 0 Å². The van der Waals surface area contributed by atoms with Gasteiger partial charge in [0.25, 0.3) is 0 Å². The maximum Gasteiger partial charge on any atom is 0.0734 e. The van der Waals surface area contributed by atoms with Crippen molar-refractivity contribution < 1.29 is 5.11 Å². The summed E-state index contributed by atoms with van der Waals surface area (Å²) in [5.74, 6) is -0.287. The predicted octanol–water partition coefficient (Wildman–Crippen LogP) is 2.29. The first kappa shape index (κ1) is 11.7. The minimum atomic E-state index is -0.287. The van der Waals surface area contributed by atoms with Crippen molar-refractivity contribution in [1.82, 2.24) is 0 Å². The van der Waals surface area contributed by atoms with E-state index in [1.165, 1.54) is 22.3 Å². The number of benzene rings is 1. The molecule has 0 aliphatic rings. The molecule has 0 heterocycles. The molecule has 0 radical (unpaired) electrons. The predicted molar refractivity (Wildman–Crippen MR) is 60.5 cm³/mol. The van der Waals surface area contributed by atoms with Gasteiger partial charge in [0, 0.05) is 0 Å². The second-order valence-electron chi connectivity index (χ2n) is 4.09. The number of nitriles is 1. The van der Waals surface area contributed by atoms with Gasteiger partial charge in [-0.15, -0.1) is 0 Å². The van der Waals surface area contributed by atoms with Gasteiger partial charge >= 0.3 is 0 Å². The fourth-order valence-electron chi connectivity index (χ4n) is 1.93. The third kappa shape index (κ3) is 2.81. The van der Waals surface area contributed by atoms with Gasteiger partial charge < -0.3 is 5.11 Å². The standard InChI is InChI=1S/C13H17NO/c1-9-4-10(2)13(11(3)5-9)6-12(7-14)8-15/h4-5,12,15H,6,8H2,1-3H3. The maximum atomic E-state index is 9.00. The third-order valence-electron chi connectivity index (χ3n) is 2.69. The van der Waals surface area contributed by atoms with Gasteiger partial charge in [-0.2, -0.15) is 5.26 Å². The molecule has 0 saturated heterocycles. The molecule has 0 spiro atoms. The Bertz CT molecular complexity index is 367. The molecule has 80 valence electrons.